The van der Waals surface area contributed by atoms with Gasteiger partial charge in [-0.25, -0.2) is 0 Å². The third kappa shape index (κ3) is 1.92. The number of hydrazone groups is 1. The first-order valence-electron chi connectivity index (χ1n) is 7.39. The van der Waals surface area contributed by atoms with Gasteiger partial charge in [0, 0.05) is 12.5 Å². The molecular weight excluding hydrogens is 244 g/mol. The smallest absolute Gasteiger partial charge is 0.0768 e. The lowest BCUT2D eigenvalue weighted by atomic mass is 9.90. The maximum atomic E-state index is 4.56. The fourth-order valence-corrected chi connectivity index (χ4v) is 3.35. The Morgan fingerprint density at radius 1 is 0.950 bits per heavy atom. The average Bonchev–Trinajstić information content (AvgIpc) is 3.16. The van der Waals surface area contributed by atoms with Gasteiger partial charge in [0.25, 0.3) is 0 Å². The molecule has 0 saturated carbocycles. The number of hydrogen-bond acceptors (Lipinski definition) is 2. The van der Waals surface area contributed by atoms with E-state index in [4.69, 9.17) is 0 Å². The second kappa shape index (κ2) is 4.78. The van der Waals surface area contributed by atoms with Crippen LogP contribution in [0.1, 0.15) is 34.6 Å². The van der Waals surface area contributed by atoms with Crippen molar-refractivity contribution >= 4 is 5.71 Å². The lowest BCUT2D eigenvalue weighted by Crippen LogP contribution is -2.14. The van der Waals surface area contributed by atoms with Gasteiger partial charge in [-0.05, 0) is 47.6 Å². The van der Waals surface area contributed by atoms with Crippen molar-refractivity contribution < 1.29 is 0 Å². The van der Waals surface area contributed by atoms with Crippen molar-refractivity contribution in [1.29, 1.82) is 0 Å². The van der Waals surface area contributed by atoms with Crippen molar-refractivity contribution in [2.45, 2.75) is 25.2 Å². The topological polar surface area (TPSA) is 24.4 Å². The Kier molecular flexibility index (Phi) is 2.80. The molecule has 1 atom stereocenters. The summed E-state index contributed by atoms with van der Waals surface area (Å²) < 4.78 is 0. The van der Waals surface area contributed by atoms with Gasteiger partial charge in [-0.2, -0.15) is 5.10 Å². The van der Waals surface area contributed by atoms with Crippen LogP contribution in [0.15, 0.2) is 53.6 Å². The van der Waals surface area contributed by atoms with Crippen molar-refractivity contribution in [3.63, 3.8) is 0 Å². The molecule has 2 aromatic rings. The van der Waals surface area contributed by atoms with E-state index in [1.54, 1.807) is 0 Å². The molecule has 1 heterocycles. The predicted molar refractivity (Wildman–Crippen MR) is 82.2 cm³/mol. The van der Waals surface area contributed by atoms with Crippen LogP contribution in [0.2, 0.25) is 0 Å². The van der Waals surface area contributed by atoms with Gasteiger partial charge >= 0.3 is 0 Å². The fourth-order valence-electron chi connectivity index (χ4n) is 3.35. The van der Waals surface area contributed by atoms with E-state index in [1.165, 1.54) is 47.2 Å². The van der Waals surface area contributed by atoms with Crippen LogP contribution < -0.4 is 5.43 Å². The highest BCUT2D eigenvalue weighted by Crippen LogP contribution is 2.28. The molecule has 1 aliphatic heterocycles. The molecule has 1 unspecified atom stereocenters. The lowest BCUT2D eigenvalue weighted by Gasteiger charge is -2.13. The summed E-state index contributed by atoms with van der Waals surface area (Å²) in [4.78, 5) is 0. The minimum atomic E-state index is 0.371. The molecule has 0 amide bonds. The largest absolute Gasteiger partial charge is 0.309 e. The van der Waals surface area contributed by atoms with E-state index < -0.39 is 0 Å². The maximum Gasteiger partial charge on any atom is 0.0768 e. The maximum absolute atomic E-state index is 4.56. The quantitative estimate of drug-likeness (QED) is 0.882. The molecular formula is C18H18N2. The van der Waals surface area contributed by atoms with Crippen LogP contribution in [-0.4, -0.2) is 12.3 Å². The van der Waals surface area contributed by atoms with Gasteiger partial charge in [-0.3, -0.25) is 0 Å². The van der Waals surface area contributed by atoms with Gasteiger partial charge in [0.2, 0.25) is 0 Å². The molecule has 0 spiro atoms. The fraction of sp³-hybridized carbons (Fsp3) is 0.278. The number of fused-ring (bicyclic) bond motifs is 1. The summed E-state index contributed by atoms with van der Waals surface area (Å²) in [5.74, 6) is 0.371. The zero-order valence-electron chi connectivity index (χ0n) is 11.5. The van der Waals surface area contributed by atoms with E-state index in [-0.39, 0.29) is 0 Å². The zero-order valence-corrected chi connectivity index (χ0v) is 11.5. The summed E-state index contributed by atoms with van der Waals surface area (Å²) in [7, 11) is 0. The van der Waals surface area contributed by atoms with Crippen LogP contribution in [0.25, 0.3) is 0 Å². The van der Waals surface area contributed by atoms with Gasteiger partial charge in [0.05, 0.1) is 5.71 Å². The second-order valence-corrected chi connectivity index (χ2v) is 5.66. The van der Waals surface area contributed by atoms with Gasteiger partial charge in [-0.15, -0.1) is 0 Å². The van der Waals surface area contributed by atoms with E-state index in [2.05, 4.69) is 59.1 Å². The van der Waals surface area contributed by atoms with Crippen molar-refractivity contribution in [3.8, 4) is 0 Å². The van der Waals surface area contributed by atoms with E-state index in [1.807, 2.05) is 0 Å². The molecule has 2 aromatic carbocycles. The Morgan fingerprint density at radius 3 is 2.70 bits per heavy atom. The summed E-state index contributed by atoms with van der Waals surface area (Å²) in [6, 6.07) is 17.6. The minimum Gasteiger partial charge on any atom is -0.309 e. The van der Waals surface area contributed by atoms with E-state index in [0.29, 0.717) is 5.92 Å². The van der Waals surface area contributed by atoms with Crippen LogP contribution in [0.3, 0.4) is 0 Å². The molecule has 0 bridgehead atoms. The third-order valence-corrected chi connectivity index (χ3v) is 4.42. The lowest BCUT2D eigenvalue weighted by molar-refractivity contribution is 0.763. The number of rotatable bonds is 2. The number of nitrogens with one attached hydrogen (secondary N) is 1. The Labute approximate surface area is 119 Å². The van der Waals surface area contributed by atoms with Gasteiger partial charge < -0.3 is 5.43 Å². The summed E-state index contributed by atoms with van der Waals surface area (Å²) in [5.41, 5.74) is 10.0. The first-order chi connectivity index (χ1) is 9.92. The van der Waals surface area contributed by atoms with Crippen LogP contribution in [0, 0.1) is 0 Å². The monoisotopic (exact) mass is 262 g/mol. The van der Waals surface area contributed by atoms with Crippen molar-refractivity contribution in [1.82, 2.24) is 5.43 Å². The highest BCUT2D eigenvalue weighted by molar-refractivity contribution is 6.06. The van der Waals surface area contributed by atoms with E-state index >= 15 is 0 Å². The molecule has 20 heavy (non-hydrogen) atoms. The molecule has 1 aliphatic carbocycles. The molecule has 0 radical (unpaired) electrons. The molecule has 2 nitrogen and oxygen atoms in total. The Bertz CT molecular complexity index is 658. The first kappa shape index (κ1) is 11.7. The highest BCUT2D eigenvalue weighted by atomic mass is 15.3. The Hall–Kier alpha value is -2.09. The van der Waals surface area contributed by atoms with Crippen molar-refractivity contribution in [3.05, 3.63) is 70.8 Å². The van der Waals surface area contributed by atoms with Crippen LogP contribution in [-0.2, 0) is 12.8 Å². The van der Waals surface area contributed by atoms with E-state index in [0.717, 1.165) is 6.54 Å². The summed E-state index contributed by atoms with van der Waals surface area (Å²) in [6.45, 7) is 0.899. The average molecular weight is 262 g/mol. The van der Waals surface area contributed by atoms with Crippen molar-refractivity contribution in [2.75, 3.05) is 6.54 Å². The molecule has 2 heteroatoms. The van der Waals surface area contributed by atoms with Crippen LogP contribution >= 0.6 is 0 Å². The van der Waals surface area contributed by atoms with Gasteiger partial charge in [0.15, 0.2) is 0 Å². The molecule has 100 valence electrons. The normalized spacial score (nSPS) is 20.4. The summed E-state index contributed by atoms with van der Waals surface area (Å²) in [5, 5.41) is 4.56. The van der Waals surface area contributed by atoms with Gasteiger partial charge in [-0.1, -0.05) is 42.5 Å². The molecule has 2 aliphatic rings. The third-order valence-electron chi connectivity index (χ3n) is 4.42. The molecule has 0 aromatic heterocycles. The molecule has 1 N–H and O–H groups in total. The van der Waals surface area contributed by atoms with Crippen LogP contribution in [0.4, 0.5) is 0 Å². The number of nitrogens with zero attached hydrogens (tertiary/aromatic N) is 1. The summed E-state index contributed by atoms with van der Waals surface area (Å²) in [6.07, 6.45) is 3.76. The molecule has 0 saturated heterocycles. The van der Waals surface area contributed by atoms with Crippen LogP contribution in [0.5, 0.6) is 0 Å². The summed E-state index contributed by atoms with van der Waals surface area (Å²) >= 11 is 0. The standard InChI is InChI=1S/C18H18N2/c1-2-5-14(6-3-1)17-12-19-20-18(17)16-10-9-13-7-4-8-15(13)11-16/h1-3,5-6,9-11,17,19H,4,7-8,12H2. The van der Waals surface area contributed by atoms with E-state index in [9.17, 15) is 0 Å². The van der Waals surface area contributed by atoms with Crippen molar-refractivity contribution in [2.24, 2.45) is 5.10 Å². The Balaban J connectivity index is 1.71. The molecule has 0 fully saturated rings. The SMILES string of the molecule is c1ccc(C2CNN=C2c2ccc3c(c2)CCC3)cc1. The van der Waals surface area contributed by atoms with Gasteiger partial charge in [0.1, 0.15) is 0 Å². The second-order valence-electron chi connectivity index (χ2n) is 5.66. The highest BCUT2D eigenvalue weighted by Gasteiger charge is 2.25. The minimum absolute atomic E-state index is 0.371. The Morgan fingerprint density at radius 2 is 1.80 bits per heavy atom. The molecule has 4 rings (SSSR count). The number of hydrogen-bond donors (Lipinski definition) is 1. The number of benzene rings is 2. The predicted octanol–water partition coefficient (Wildman–Crippen LogP) is 3.27. The first-order valence-corrected chi connectivity index (χ1v) is 7.39. The number of aryl methyl sites for hydroxylation is 2. The zero-order chi connectivity index (χ0) is 13.4.